The van der Waals surface area contributed by atoms with Gasteiger partial charge in [-0.05, 0) is 30.0 Å². The molecule has 0 heterocycles. The van der Waals surface area contributed by atoms with E-state index in [1.54, 1.807) is 21.3 Å². The predicted octanol–water partition coefficient (Wildman–Crippen LogP) is 3.54. The molecule has 0 aromatic heterocycles. The molecule has 20 heavy (non-hydrogen) atoms. The van der Waals surface area contributed by atoms with Crippen molar-refractivity contribution in [2.24, 2.45) is 11.7 Å². The van der Waals surface area contributed by atoms with Crippen LogP contribution in [0.4, 0.5) is 0 Å². The molecule has 1 unspecified atom stereocenters. The number of rotatable bonds is 8. The lowest BCUT2D eigenvalue weighted by Crippen LogP contribution is -2.15. The largest absolute Gasteiger partial charge is 0.493 e. The molecule has 114 valence electrons. The summed E-state index contributed by atoms with van der Waals surface area (Å²) < 4.78 is 16.1. The van der Waals surface area contributed by atoms with Crippen LogP contribution >= 0.6 is 0 Å². The van der Waals surface area contributed by atoms with Crippen LogP contribution in [-0.2, 0) is 0 Å². The van der Waals surface area contributed by atoms with Crippen LogP contribution in [0.15, 0.2) is 12.1 Å². The van der Waals surface area contributed by atoms with Crippen molar-refractivity contribution in [1.29, 1.82) is 0 Å². The Balaban J connectivity index is 3.05. The maximum atomic E-state index is 6.33. The van der Waals surface area contributed by atoms with E-state index >= 15 is 0 Å². The average molecular weight is 281 g/mol. The SMILES string of the molecule is CCC(CC)CC(N)c1cc(OC)c(OC)c(OC)c1. The van der Waals surface area contributed by atoms with Crippen LogP contribution < -0.4 is 19.9 Å². The van der Waals surface area contributed by atoms with E-state index in [9.17, 15) is 0 Å². The Bertz CT molecular complexity index is 391. The quantitative estimate of drug-likeness (QED) is 0.792. The monoisotopic (exact) mass is 281 g/mol. The number of hydrogen-bond acceptors (Lipinski definition) is 4. The summed E-state index contributed by atoms with van der Waals surface area (Å²) in [6.45, 7) is 4.41. The molecule has 1 aromatic rings. The van der Waals surface area contributed by atoms with Crippen LogP contribution in [0, 0.1) is 5.92 Å². The van der Waals surface area contributed by atoms with Gasteiger partial charge in [0.2, 0.25) is 5.75 Å². The zero-order valence-electron chi connectivity index (χ0n) is 13.2. The summed E-state index contributed by atoms with van der Waals surface area (Å²) in [4.78, 5) is 0. The summed E-state index contributed by atoms with van der Waals surface area (Å²) >= 11 is 0. The predicted molar refractivity (Wildman–Crippen MR) is 81.7 cm³/mol. The van der Waals surface area contributed by atoms with E-state index in [1.807, 2.05) is 12.1 Å². The Morgan fingerprint density at radius 3 is 1.80 bits per heavy atom. The van der Waals surface area contributed by atoms with Gasteiger partial charge in [0.15, 0.2) is 11.5 Å². The summed E-state index contributed by atoms with van der Waals surface area (Å²) in [7, 11) is 4.84. The number of nitrogens with two attached hydrogens (primary N) is 1. The lowest BCUT2D eigenvalue weighted by Gasteiger charge is -2.21. The van der Waals surface area contributed by atoms with E-state index in [-0.39, 0.29) is 6.04 Å². The van der Waals surface area contributed by atoms with Crippen molar-refractivity contribution in [2.75, 3.05) is 21.3 Å². The second kappa shape index (κ2) is 8.00. The highest BCUT2D eigenvalue weighted by Gasteiger charge is 2.18. The lowest BCUT2D eigenvalue weighted by atomic mass is 9.91. The molecule has 0 aliphatic heterocycles. The Morgan fingerprint density at radius 2 is 1.45 bits per heavy atom. The molecule has 0 radical (unpaired) electrons. The van der Waals surface area contributed by atoms with Crippen LogP contribution in [0.1, 0.15) is 44.7 Å². The second-order valence-corrected chi connectivity index (χ2v) is 4.98. The Labute approximate surface area is 122 Å². The van der Waals surface area contributed by atoms with Gasteiger partial charge in [0.05, 0.1) is 21.3 Å². The van der Waals surface area contributed by atoms with Crippen molar-refractivity contribution in [1.82, 2.24) is 0 Å². The maximum absolute atomic E-state index is 6.33. The first-order valence-corrected chi connectivity index (χ1v) is 7.16. The molecular weight excluding hydrogens is 254 g/mol. The summed E-state index contributed by atoms with van der Waals surface area (Å²) in [5.74, 6) is 2.56. The fraction of sp³-hybridized carbons (Fsp3) is 0.625. The van der Waals surface area contributed by atoms with Crippen LogP contribution in [-0.4, -0.2) is 21.3 Å². The van der Waals surface area contributed by atoms with Gasteiger partial charge in [-0.2, -0.15) is 0 Å². The molecule has 0 aliphatic rings. The molecule has 1 aromatic carbocycles. The van der Waals surface area contributed by atoms with Crippen molar-refractivity contribution >= 4 is 0 Å². The summed E-state index contributed by atoms with van der Waals surface area (Å²) in [6.07, 6.45) is 3.26. The minimum atomic E-state index is -0.0198. The summed E-state index contributed by atoms with van der Waals surface area (Å²) in [5, 5.41) is 0. The average Bonchev–Trinajstić information content (AvgIpc) is 2.50. The Morgan fingerprint density at radius 1 is 0.950 bits per heavy atom. The Kier molecular flexibility index (Phi) is 6.65. The topological polar surface area (TPSA) is 53.7 Å². The van der Waals surface area contributed by atoms with Gasteiger partial charge in [-0.3, -0.25) is 0 Å². The van der Waals surface area contributed by atoms with Gasteiger partial charge < -0.3 is 19.9 Å². The second-order valence-electron chi connectivity index (χ2n) is 4.98. The van der Waals surface area contributed by atoms with Crippen molar-refractivity contribution in [2.45, 2.75) is 39.2 Å². The van der Waals surface area contributed by atoms with Crippen molar-refractivity contribution in [3.63, 3.8) is 0 Å². The third-order valence-corrected chi connectivity index (χ3v) is 3.86. The first kappa shape index (κ1) is 16.6. The van der Waals surface area contributed by atoms with Gasteiger partial charge in [0.1, 0.15) is 0 Å². The highest BCUT2D eigenvalue weighted by molar-refractivity contribution is 5.54. The van der Waals surface area contributed by atoms with E-state index in [0.29, 0.717) is 23.2 Å². The van der Waals surface area contributed by atoms with Crippen molar-refractivity contribution < 1.29 is 14.2 Å². The van der Waals surface area contributed by atoms with E-state index in [4.69, 9.17) is 19.9 Å². The Hall–Kier alpha value is -1.42. The fourth-order valence-electron chi connectivity index (χ4n) is 2.43. The number of ether oxygens (including phenoxy) is 3. The normalized spacial score (nSPS) is 12.3. The molecule has 0 saturated carbocycles. The third-order valence-electron chi connectivity index (χ3n) is 3.86. The van der Waals surface area contributed by atoms with Crippen molar-refractivity contribution in [3.8, 4) is 17.2 Å². The van der Waals surface area contributed by atoms with Gasteiger partial charge in [-0.25, -0.2) is 0 Å². The summed E-state index contributed by atoms with van der Waals surface area (Å²) in [6, 6.07) is 3.86. The molecule has 0 amide bonds. The highest BCUT2D eigenvalue weighted by Crippen LogP contribution is 2.40. The van der Waals surface area contributed by atoms with Crippen LogP contribution in [0.3, 0.4) is 0 Å². The van der Waals surface area contributed by atoms with E-state index in [0.717, 1.165) is 24.8 Å². The number of benzene rings is 1. The van der Waals surface area contributed by atoms with Gasteiger partial charge in [-0.15, -0.1) is 0 Å². The maximum Gasteiger partial charge on any atom is 0.203 e. The van der Waals surface area contributed by atoms with Crippen LogP contribution in [0.2, 0.25) is 0 Å². The molecule has 0 aliphatic carbocycles. The molecule has 2 N–H and O–H groups in total. The molecular formula is C16H27NO3. The number of methoxy groups -OCH3 is 3. The molecule has 0 bridgehead atoms. The zero-order chi connectivity index (χ0) is 15.1. The third kappa shape index (κ3) is 3.79. The van der Waals surface area contributed by atoms with Crippen molar-refractivity contribution in [3.05, 3.63) is 17.7 Å². The first-order valence-electron chi connectivity index (χ1n) is 7.16. The summed E-state index contributed by atoms with van der Waals surface area (Å²) in [5.41, 5.74) is 7.35. The standard InChI is InChI=1S/C16H27NO3/c1-6-11(7-2)8-13(17)12-9-14(18-3)16(20-5)15(10-12)19-4/h9-11,13H,6-8,17H2,1-5H3. The fourth-order valence-corrected chi connectivity index (χ4v) is 2.43. The molecule has 0 saturated heterocycles. The van der Waals surface area contributed by atoms with Crippen LogP contribution in [0.5, 0.6) is 17.2 Å². The molecule has 4 nitrogen and oxygen atoms in total. The van der Waals surface area contributed by atoms with E-state index in [2.05, 4.69) is 13.8 Å². The smallest absolute Gasteiger partial charge is 0.203 e. The first-order chi connectivity index (χ1) is 9.60. The molecule has 4 heteroatoms. The minimum absolute atomic E-state index is 0.0198. The van der Waals surface area contributed by atoms with Gasteiger partial charge in [0, 0.05) is 6.04 Å². The molecule has 1 rings (SSSR count). The van der Waals surface area contributed by atoms with E-state index < -0.39 is 0 Å². The number of hydrogen-bond donors (Lipinski definition) is 1. The van der Waals surface area contributed by atoms with Crippen LogP contribution in [0.25, 0.3) is 0 Å². The minimum Gasteiger partial charge on any atom is -0.493 e. The molecule has 0 fully saturated rings. The lowest BCUT2D eigenvalue weighted by molar-refractivity contribution is 0.322. The molecule has 1 atom stereocenters. The highest BCUT2D eigenvalue weighted by atomic mass is 16.5. The zero-order valence-corrected chi connectivity index (χ0v) is 13.2. The molecule has 0 spiro atoms. The van der Waals surface area contributed by atoms with Gasteiger partial charge in [-0.1, -0.05) is 26.7 Å². The van der Waals surface area contributed by atoms with Gasteiger partial charge in [0.25, 0.3) is 0 Å². The van der Waals surface area contributed by atoms with Gasteiger partial charge >= 0.3 is 0 Å². The van der Waals surface area contributed by atoms with E-state index in [1.165, 1.54) is 0 Å².